The molecule has 0 radical (unpaired) electrons. The zero-order valence-electron chi connectivity index (χ0n) is 11.1. The van der Waals surface area contributed by atoms with E-state index in [0.29, 0.717) is 14.5 Å². The van der Waals surface area contributed by atoms with Gasteiger partial charge >= 0.3 is 0 Å². The first-order chi connectivity index (χ1) is 9.92. The van der Waals surface area contributed by atoms with Gasteiger partial charge in [0.25, 0.3) is 0 Å². The third-order valence-corrected chi connectivity index (χ3v) is 4.12. The van der Waals surface area contributed by atoms with Crippen LogP contribution in [0.25, 0.3) is 0 Å². The van der Waals surface area contributed by atoms with Gasteiger partial charge < -0.3 is 5.32 Å². The van der Waals surface area contributed by atoms with Crippen LogP contribution in [-0.4, -0.2) is 7.05 Å². The molecule has 1 N–H and O–H groups in total. The summed E-state index contributed by atoms with van der Waals surface area (Å²) in [6.07, 6.45) is 0.136. The van der Waals surface area contributed by atoms with Gasteiger partial charge in [0.05, 0.1) is 0 Å². The Labute approximate surface area is 137 Å². The van der Waals surface area contributed by atoms with E-state index in [4.69, 9.17) is 0 Å². The number of benzene rings is 2. The van der Waals surface area contributed by atoms with Crippen molar-refractivity contribution in [3.05, 3.63) is 67.9 Å². The lowest BCUT2D eigenvalue weighted by Crippen LogP contribution is -2.22. The molecule has 6 heteroatoms. The van der Waals surface area contributed by atoms with Crippen LogP contribution in [0.1, 0.15) is 17.2 Å². The third kappa shape index (κ3) is 3.87. The highest BCUT2D eigenvalue weighted by Crippen LogP contribution is 2.28. The minimum Gasteiger partial charge on any atom is -0.313 e. The molecule has 0 aliphatic rings. The van der Waals surface area contributed by atoms with Crippen molar-refractivity contribution in [2.24, 2.45) is 0 Å². The summed E-state index contributed by atoms with van der Waals surface area (Å²) in [5.74, 6) is -1.75. The molecule has 0 bridgehead atoms. The zero-order chi connectivity index (χ0) is 15.6. The second kappa shape index (κ2) is 6.94. The van der Waals surface area contributed by atoms with E-state index in [1.54, 1.807) is 19.2 Å². The van der Waals surface area contributed by atoms with E-state index in [0.717, 1.165) is 0 Å². The molecule has 21 heavy (non-hydrogen) atoms. The lowest BCUT2D eigenvalue weighted by molar-refractivity contribution is 0.481. The van der Waals surface area contributed by atoms with Crippen LogP contribution in [0, 0.1) is 17.5 Å². The first-order valence-corrected chi connectivity index (χ1v) is 7.76. The Morgan fingerprint density at radius 1 is 0.952 bits per heavy atom. The highest BCUT2D eigenvalue weighted by atomic mass is 79.9. The Kier molecular flexibility index (Phi) is 5.46. The summed E-state index contributed by atoms with van der Waals surface area (Å²) in [5, 5.41) is 2.84. The maximum absolute atomic E-state index is 14.0. The Balaban J connectivity index is 2.39. The fraction of sp³-hybridized carbons (Fsp3) is 0.200. The molecule has 0 saturated heterocycles. The third-order valence-electron chi connectivity index (χ3n) is 3.17. The SMILES string of the molecule is CNC(Cc1cc(Br)ccc1F)c1c(F)cc(Br)cc1F. The number of rotatable bonds is 4. The zero-order valence-corrected chi connectivity index (χ0v) is 14.2. The second-order valence-corrected chi connectivity index (χ2v) is 6.40. The molecular weight excluding hydrogens is 411 g/mol. The summed E-state index contributed by atoms with van der Waals surface area (Å²) < 4.78 is 42.9. The first kappa shape index (κ1) is 16.5. The predicted octanol–water partition coefficient (Wildman–Crippen LogP) is 5.13. The van der Waals surface area contributed by atoms with Crippen LogP contribution >= 0.6 is 31.9 Å². The number of hydrogen-bond donors (Lipinski definition) is 1. The van der Waals surface area contributed by atoms with Gasteiger partial charge in [-0.15, -0.1) is 0 Å². The Bertz CT molecular complexity index is 638. The molecule has 0 aromatic heterocycles. The highest BCUT2D eigenvalue weighted by Gasteiger charge is 2.21. The van der Waals surface area contributed by atoms with Crippen molar-refractivity contribution in [3.63, 3.8) is 0 Å². The fourth-order valence-corrected chi connectivity index (χ4v) is 2.96. The maximum atomic E-state index is 14.0. The van der Waals surface area contributed by atoms with Gasteiger partial charge in [-0.05, 0) is 49.4 Å². The van der Waals surface area contributed by atoms with Gasteiger partial charge in [0.1, 0.15) is 17.5 Å². The average molecular weight is 423 g/mol. The van der Waals surface area contributed by atoms with Crippen LogP contribution in [0.3, 0.4) is 0 Å². The molecule has 0 amide bonds. The van der Waals surface area contributed by atoms with Crippen LogP contribution < -0.4 is 5.32 Å². The van der Waals surface area contributed by atoms with E-state index in [-0.39, 0.29) is 12.0 Å². The topological polar surface area (TPSA) is 12.0 Å². The van der Waals surface area contributed by atoms with Gasteiger partial charge in [0.2, 0.25) is 0 Å². The molecule has 1 atom stereocenters. The molecule has 1 nitrogen and oxygen atoms in total. The normalized spacial score (nSPS) is 12.5. The van der Waals surface area contributed by atoms with Gasteiger partial charge in [0, 0.05) is 20.6 Å². The minimum absolute atomic E-state index is 0.0972. The summed E-state index contributed by atoms with van der Waals surface area (Å²) in [6, 6.07) is 6.23. The van der Waals surface area contributed by atoms with E-state index in [1.807, 2.05) is 0 Å². The largest absolute Gasteiger partial charge is 0.313 e. The van der Waals surface area contributed by atoms with Crippen molar-refractivity contribution in [1.82, 2.24) is 5.32 Å². The predicted molar refractivity (Wildman–Crippen MR) is 83.7 cm³/mol. The fourth-order valence-electron chi connectivity index (χ4n) is 2.15. The molecule has 2 aromatic rings. The quantitative estimate of drug-likeness (QED) is 0.719. The van der Waals surface area contributed by atoms with E-state index in [1.165, 1.54) is 18.2 Å². The number of likely N-dealkylation sites (N-methyl/N-ethyl adjacent to an activating group) is 1. The average Bonchev–Trinajstić information content (AvgIpc) is 2.40. The monoisotopic (exact) mass is 421 g/mol. The van der Waals surface area contributed by atoms with E-state index < -0.39 is 23.5 Å². The lowest BCUT2D eigenvalue weighted by atomic mass is 9.97. The van der Waals surface area contributed by atoms with Crippen molar-refractivity contribution < 1.29 is 13.2 Å². The van der Waals surface area contributed by atoms with E-state index >= 15 is 0 Å². The molecule has 0 aliphatic carbocycles. The minimum atomic E-state index is -0.670. The van der Waals surface area contributed by atoms with Crippen molar-refractivity contribution in [2.45, 2.75) is 12.5 Å². The highest BCUT2D eigenvalue weighted by molar-refractivity contribution is 9.10. The Hall–Kier alpha value is -0.850. The molecule has 0 saturated carbocycles. The molecule has 1 unspecified atom stereocenters. The molecule has 2 rings (SSSR count). The van der Waals surface area contributed by atoms with Crippen molar-refractivity contribution >= 4 is 31.9 Å². The van der Waals surface area contributed by atoms with Gasteiger partial charge in [-0.2, -0.15) is 0 Å². The first-order valence-electron chi connectivity index (χ1n) is 6.18. The van der Waals surface area contributed by atoms with Gasteiger partial charge in [-0.3, -0.25) is 0 Å². The molecule has 0 heterocycles. The smallest absolute Gasteiger partial charge is 0.132 e. The molecule has 0 aliphatic heterocycles. The standard InChI is InChI=1S/C15H12Br2F3N/c1-21-14(5-8-4-9(16)2-3-11(8)18)15-12(19)6-10(17)7-13(15)20/h2-4,6-7,14,21H,5H2,1H3. The summed E-state index contributed by atoms with van der Waals surface area (Å²) >= 11 is 6.30. The van der Waals surface area contributed by atoms with Gasteiger partial charge in [-0.25, -0.2) is 13.2 Å². The summed E-state index contributed by atoms with van der Waals surface area (Å²) in [4.78, 5) is 0. The summed E-state index contributed by atoms with van der Waals surface area (Å²) in [5.41, 5.74) is 0.283. The second-order valence-electron chi connectivity index (χ2n) is 4.56. The van der Waals surface area contributed by atoms with Gasteiger partial charge in [0.15, 0.2) is 0 Å². The lowest BCUT2D eigenvalue weighted by Gasteiger charge is -2.19. The van der Waals surface area contributed by atoms with Crippen molar-refractivity contribution in [1.29, 1.82) is 0 Å². The van der Waals surface area contributed by atoms with E-state index in [9.17, 15) is 13.2 Å². The molecule has 0 fully saturated rings. The summed E-state index contributed by atoms with van der Waals surface area (Å²) in [6.45, 7) is 0. The molecule has 0 spiro atoms. The van der Waals surface area contributed by atoms with Crippen LogP contribution in [0.5, 0.6) is 0 Å². The number of hydrogen-bond acceptors (Lipinski definition) is 1. The van der Waals surface area contributed by atoms with Crippen LogP contribution in [0.15, 0.2) is 39.3 Å². The summed E-state index contributed by atoms with van der Waals surface area (Å²) in [7, 11) is 1.58. The number of halogens is 5. The van der Waals surface area contributed by atoms with Crippen LogP contribution in [-0.2, 0) is 6.42 Å². The van der Waals surface area contributed by atoms with Crippen molar-refractivity contribution in [3.8, 4) is 0 Å². The molecule has 112 valence electrons. The van der Waals surface area contributed by atoms with Gasteiger partial charge in [-0.1, -0.05) is 31.9 Å². The maximum Gasteiger partial charge on any atom is 0.132 e. The van der Waals surface area contributed by atoms with Crippen molar-refractivity contribution in [2.75, 3.05) is 7.05 Å². The molecular formula is C15H12Br2F3N. The number of nitrogens with one attached hydrogen (secondary N) is 1. The Morgan fingerprint density at radius 3 is 2.14 bits per heavy atom. The van der Waals surface area contributed by atoms with Crippen LogP contribution in [0.4, 0.5) is 13.2 Å². The molecule has 2 aromatic carbocycles. The van der Waals surface area contributed by atoms with E-state index in [2.05, 4.69) is 37.2 Å². The van der Waals surface area contributed by atoms with Crippen LogP contribution in [0.2, 0.25) is 0 Å². The Morgan fingerprint density at radius 2 is 1.57 bits per heavy atom.